The molecule has 1 aliphatic carbocycles. The van der Waals surface area contributed by atoms with Gasteiger partial charge in [-0.15, -0.1) is 0 Å². The van der Waals surface area contributed by atoms with Gasteiger partial charge in [0.05, 0.1) is 12.6 Å². The van der Waals surface area contributed by atoms with Crippen LogP contribution in [0.1, 0.15) is 33.1 Å². The lowest BCUT2D eigenvalue weighted by Gasteiger charge is -2.24. The normalized spacial score (nSPS) is 31.6. The molecular weight excluding hydrogens is 174 g/mol. The molecule has 1 heterocycles. The molecular formula is C12H21NO. The second kappa shape index (κ2) is 3.58. The van der Waals surface area contributed by atoms with Crippen molar-refractivity contribution in [1.82, 2.24) is 5.32 Å². The molecule has 14 heavy (non-hydrogen) atoms. The first kappa shape index (κ1) is 10.0. The van der Waals surface area contributed by atoms with Crippen LogP contribution >= 0.6 is 0 Å². The summed E-state index contributed by atoms with van der Waals surface area (Å²) in [6.45, 7) is 5.58. The van der Waals surface area contributed by atoms with Crippen LogP contribution in [0.5, 0.6) is 0 Å². The summed E-state index contributed by atoms with van der Waals surface area (Å²) >= 11 is 0. The number of nitrogens with one attached hydrogen (secondary N) is 1. The van der Waals surface area contributed by atoms with E-state index in [0.29, 0.717) is 11.5 Å². The fourth-order valence-electron chi connectivity index (χ4n) is 2.41. The van der Waals surface area contributed by atoms with Crippen molar-refractivity contribution in [3.8, 4) is 0 Å². The van der Waals surface area contributed by atoms with Crippen LogP contribution in [-0.4, -0.2) is 19.7 Å². The lowest BCUT2D eigenvalue weighted by Crippen LogP contribution is -2.33. The molecule has 1 saturated carbocycles. The zero-order valence-corrected chi connectivity index (χ0v) is 9.47. The fraction of sp³-hybridized carbons (Fsp3) is 0.833. The van der Waals surface area contributed by atoms with Crippen molar-refractivity contribution in [3.05, 3.63) is 11.8 Å². The van der Waals surface area contributed by atoms with Crippen LogP contribution in [-0.2, 0) is 4.74 Å². The molecule has 0 saturated heterocycles. The van der Waals surface area contributed by atoms with E-state index in [-0.39, 0.29) is 0 Å². The molecule has 0 bridgehead atoms. The molecule has 2 atom stereocenters. The first-order valence-corrected chi connectivity index (χ1v) is 5.65. The molecule has 0 aromatic carbocycles. The molecule has 0 aromatic heterocycles. The maximum absolute atomic E-state index is 5.72. The Morgan fingerprint density at radius 3 is 2.71 bits per heavy atom. The largest absolute Gasteiger partial charge is 0.497 e. The highest BCUT2D eigenvalue weighted by molar-refractivity contribution is 5.15. The minimum absolute atomic E-state index is 0.449. The van der Waals surface area contributed by atoms with Gasteiger partial charge in [-0.25, -0.2) is 0 Å². The van der Waals surface area contributed by atoms with Crippen LogP contribution in [0, 0.1) is 11.3 Å². The van der Waals surface area contributed by atoms with Crippen LogP contribution in [0.3, 0.4) is 0 Å². The van der Waals surface area contributed by atoms with E-state index in [1.165, 1.54) is 25.0 Å². The van der Waals surface area contributed by atoms with E-state index < -0.39 is 0 Å². The Morgan fingerprint density at radius 1 is 1.57 bits per heavy atom. The quantitative estimate of drug-likeness (QED) is 0.746. The number of allylic oxidation sites excluding steroid dienone is 1. The monoisotopic (exact) mass is 195 g/mol. The zero-order valence-electron chi connectivity index (χ0n) is 9.47. The van der Waals surface area contributed by atoms with Crippen molar-refractivity contribution in [3.63, 3.8) is 0 Å². The molecule has 2 nitrogen and oxygen atoms in total. The van der Waals surface area contributed by atoms with E-state index in [1.807, 2.05) is 7.05 Å². The number of rotatable bonds is 3. The maximum atomic E-state index is 5.72. The van der Waals surface area contributed by atoms with E-state index in [9.17, 15) is 0 Å². The van der Waals surface area contributed by atoms with E-state index in [1.54, 1.807) is 0 Å². The summed E-state index contributed by atoms with van der Waals surface area (Å²) in [5.74, 6) is 1.95. The van der Waals surface area contributed by atoms with Crippen molar-refractivity contribution in [2.24, 2.45) is 11.3 Å². The Kier molecular flexibility index (Phi) is 2.56. The molecule has 2 aliphatic rings. The molecule has 1 fully saturated rings. The van der Waals surface area contributed by atoms with Crippen LogP contribution in [0.25, 0.3) is 0 Å². The summed E-state index contributed by atoms with van der Waals surface area (Å²) in [6.07, 6.45) is 5.94. The Morgan fingerprint density at radius 2 is 2.29 bits per heavy atom. The van der Waals surface area contributed by atoms with E-state index in [4.69, 9.17) is 4.74 Å². The minimum Gasteiger partial charge on any atom is -0.497 e. The van der Waals surface area contributed by atoms with Crippen LogP contribution in [0.4, 0.5) is 0 Å². The first-order chi connectivity index (χ1) is 6.65. The van der Waals surface area contributed by atoms with Gasteiger partial charge >= 0.3 is 0 Å². The summed E-state index contributed by atoms with van der Waals surface area (Å²) in [4.78, 5) is 0. The first-order valence-electron chi connectivity index (χ1n) is 5.65. The number of likely N-dealkylation sites (N-methyl/N-ethyl adjacent to an activating group) is 1. The summed E-state index contributed by atoms with van der Waals surface area (Å²) < 4.78 is 5.72. The molecule has 2 rings (SSSR count). The smallest absolute Gasteiger partial charge is 0.109 e. The van der Waals surface area contributed by atoms with Crippen LogP contribution in [0.15, 0.2) is 11.8 Å². The number of hydrogen-bond donors (Lipinski definition) is 1. The molecule has 1 aliphatic heterocycles. The van der Waals surface area contributed by atoms with Gasteiger partial charge in [0, 0.05) is 0 Å². The van der Waals surface area contributed by atoms with Crippen molar-refractivity contribution in [1.29, 1.82) is 0 Å². The second-order valence-electron chi connectivity index (χ2n) is 5.16. The highest BCUT2D eigenvalue weighted by Crippen LogP contribution is 2.54. The van der Waals surface area contributed by atoms with Gasteiger partial charge in [0.15, 0.2) is 0 Å². The van der Waals surface area contributed by atoms with Gasteiger partial charge in [-0.1, -0.05) is 13.8 Å². The molecule has 80 valence electrons. The van der Waals surface area contributed by atoms with Crippen molar-refractivity contribution in [2.45, 2.75) is 39.2 Å². The predicted molar refractivity (Wildman–Crippen MR) is 58.0 cm³/mol. The maximum Gasteiger partial charge on any atom is 0.109 e. The number of hydrogen-bond acceptors (Lipinski definition) is 2. The minimum atomic E-state index is 0.449. The van der Waals surface area contributed by atoms with Gasteiger partial charge in [0.2, 0.25) is 0 Å². The molecule has 0 aromatic rings. The summed E-state index contributed by atoms with van der Waals surface area (Å²) in [7, 11) is 2.04. The van der Waals surface area contributed by atoms with Crippen molar-refractivity contribution >= 4 is 0 Å². The van der Waals surface area contributed by atoms with Gasteiger partial charge < -0.3 is 10.1 Å². The van der Waals surface area contributed by atoms with Gasteiger partial charge in [0.25, 0.3) is 0 Å². The lowest BCUT2D eigenvalue weighted by atomic mass is 10.0. The summed E-state index contributed by atoms with van der Waals surface area (Å²) in [5, 5.41) is 3.40. The third-order valence-electron chi connectivity index (χ3n) is 3.57. The standard InChI is InChI=1S/C12H21NO/c1-12(2)8-9(12)11(13-3)10-6-4-5-7-14-10/h6,9,11,13H,4-5,7-8H2,1-3H3. The van der Waals surface area contributed by atoms with E-state index in [0.717, 1.165) is 12.5 Å². The summed E-state index contributed by atoms with van der Waals surface area (Å²) in [5.41, 5.74) is 0.509. The Bertz CT molecular complexity index is 245. The third kappa shape index (κ3) is 1.81. The average molecular weight is 195 g/mol. The zero-order chi connectivity index (χ0) is 10.2. The van der Waals surface area contributed by atoms with Crippen molar-refractivity contribution in [2.75, 3.05) is 13.7 Å². The van der Waals surface area contributed by atoms with Gasteiger partial charge in [-0.3, -0.25) is 0 Å². The third-order valence-corrected chi connectivity index (χ3v) is 3.57. The van der Waals surface area contributed by atoms with E-state index >= 15 is 0 Å². The average Bonchev–Trinajstić information content (AvgIpc) is 2.78. The second-order valence-corrected chi connectivity index (χ2v) is 5.16. The molecule has 2 heteroatoms. The highest BCUT2D eigenvalue weighted by Gasteiger charge is 2.51. The molecule has 0 spiro atoms. The molecule has 0 radical (unpaired) electrons. The molecule has 0 amide bonds. The topological polar surface area (TPSA) is 21.3 Å². The Labute approximate surface area is 86.7 Å². The highest BCUT2D eigenvalue weighted by atomic mass is 16.5. The summed E-state index contributed by atoms with van der Waals surface area (Å²) in [6, 6.07) is 0.449. The van der Waals surface area contributed by atoms with Gasteiger partial charge in [0.1, 0.15) is 5.76 Å². The number of ether oxygens (including phenoxy) is 1. The van der Waals surface area contributed by atoms with E-state index in [2.05, 4.69) is 25.2 Å². The van der Waals surface area contributed by atoms with Gasteiger partial charge in [-0.05, 0) is 43.7 Å². The fourth-order valence-corrected chi connectivity index (χ4v) is 2.41. The predicted octanol–water partition coefficient (Wildman–Crippen LogP) is 2.31. The van der Waals surface area contributed by atoms with Crippen molar-refractivity contribution < 1.29 is 4.74 Å². The molecule has 1 N–H and O–H groups in total. The molecule has 2 unspecified atom stereocenters. The Balaban J connectivity index is 2.03. The van der Waals surface area contributed by atoms with Gasteiger partial charge in [-0.2, -0.15) is 0 Å². The Hall–Kier alpha value is -0.500. The van der Waals surface area contributed by atoms with Crippen LogP contribution in [0.2, 0.25) is 0 Å². The van der Waals surface area contributed by atoms with Crippen LogP contribution < -0.4 is 5.32 Å². The SMILES string of the molecule is CNC(C1=CCCCO1)C1CC1(C)C. The lowest BCUT2D eigenvalue weighted by molar-refractivity contribution is 0.160.